The Hall–Kier alpha value is -1.04. The van der Waals surface area contributed by atoms with Gasteiger partial charge in [-0.1, -0.05) is 23.7 Å². The summed E-state index contributed by atoms with van der Waals surface area (Å²) in [6.07, 6.45) is 1.36. The van der Waals surface area contributed by atoms with Crippen molar-refractivity contribution in [3.8, 4) is 5.69 Å². The van der Waals surface area contributed by atoms with E-state index in [-0.39, 0.29) is 5.03 Å². The molecule has 1 heterocycles. The maximum absolute atomic E-state index is 11.3. The predicted molar refractivity (Wildman–Crippen MR) is 66.3 cm³/mol. The second kappa shape index (κ2) is 4.33. The first-order chi connectivity index (χ1) is 7.91. The number of rotatable bonds is 2. The third-order valence-electron chi connectivity index (χ3n) is 2.26. The maximum atomic E-state index is 11.3. The fourth-order valence-electron chi connectivity index (χ4n) is 1.45. The summed E-state index contributed by atoms with van der Waals surface area (Å²) < 4.78 is 23.9. The van der Waals surface area contributed by atoms with Gasteiger partial charge in [0.15, 0.2) is 5.03 Å². The highest BCUT2D eigenvalue weighted by atomic mass is 35.7. The Labute approximate surface area is 108 Å². The van der Waals surface area contributed by atoms with E-state index in [1.54, 1.807) is 12.1 Å². The van der Waals surface area contributed by atoms with E-state index in [1.807, 2.05) is 13.0 Å². The van der Waals surface area contributed by atoms with Crippen molar-refractivity contribution in [2.75, 3.05) is 0 Å². The summed E-state index contributed by atoms with van der Waals surface area (Å²) in [5, 5.41) is 4.26. The van der Waals surface area contributed by atoms with Crippen molar-refractivity contribution in [2.45, 2.75) is 11.9 Å². The molecule has 0 N–H and O–H groups in total. The second-order valence-corrected chi connectivity index (χ2v) is 6.32. The highest BCUT2D eigenvalue weighted by Crippen LogP contribution is 2.26. The van der Waals surface area contributed by atoms with Gasteiger partial charge in [0.05, 0.1) is 16.9 Å². The zero-order valence-corrected chi connectivity index (χ0v) is 11.1. The van der Waals surface area contributed by atoms with Crippen molar-refractivity contribution in [3.05, 3.63) is 41.0 Å². The van der Waals surface area contributed by atoms with Crippen LogP contribution in [0, 0.1) is 6.92 Å². The van der Waals surface area contributed by atoms with Crippen LogP contribution in [-0.4, -0.2) is 18.2 Å². The summed E-state index contributed by atoms with van der Waals surface area (Å²) in [6.45, 7) is 1.82. The van der Waals surface area contributed by atoms with E-state index in [4.69, 9.17) is 22.3 Å². The maximum Gasteiger partial charge on any atom is 0.278 e. The molecule has 1 aromatic heterocycles. The monoisotopic (exact) mass is 290 g/mol. The molecule has 0 radical (unpaired) electrons. The molecule has 0 spiro atoms. The van der Waals surface area contributed by atoms with E-state index in [0.717, 1.165) is 5.56 Å². The number of aryl methyl sites for hydroxylation is 1. The number of nitrogens with zero attached hydrogens (tertiary/aromatic N) is 2. The molecule has 0 aliphatic heterocycles. The molecule has 0 amide bonds. The van der Waals surface area contributed by atoms with Crippen LogP contribution in [0.4, 0.5) is 0 Å². The average Bonchev–Trinajstić information content (AvgIpc) is 2.70. The molecule has 0 aliphatic carbocycles. The number of halogens is 2. The van der Waals surface area contributed by atoms with Crippen molar-refractivity contribution in [3.63, 3.8) is 0 Å². The summed E-state index contributed by atoms with van der Waals surface area (Å²) in [5.41, 5.74) is 1.31. The number of hydrogen-bond acceptors (Lipinski definition) is 3. The smallest absolute Gasteiger partial charge is 0.219 e. The Morgan fingerprint density at radius 2 is 2.00 bits per heavy atom. The molecular formula is C10H8Cl2N2O2S. The van der Waals surface area contributed by atoms with Crippen molar-refractivity contribution in [1.29, 1.82) is 0 Å². The lowest BCUT2D eigenvalue weighted by atomic mass is 10.2. The van der Waals surface area contributed by atoms with E-state index in [1.165, 1.54) is 16.9 Å². The van der Waals surface area contributed by atoms with Crippen LogP contribution in [0.15, 0.2) is 35.5 Å². The minimum Gasteiger partial charge on any atom is -0.219 e. The second-order valence-electron chi connectivity index (χ2n) is 3.43. The van der Waals surface area contributed by atoms with Crippen LogP contribution in [0.5, 0.6) is 0 Å². The van der Waals surface area contributed by atoms with Crippen LogP contribution in [-0.2, 0) is 9.05 Å². The van der Waals surface area contributed by atoms with Gasteiger partial charge >= 0.3 is 0 Å². The topological polar surface area (TPSA) is 52.0 Å². The first-order valence-electron chi connectivity index (χ1n) is 4.65. The molecule has 0 bridgehead atoms. The zero-order valence-electron chi connectivity index (χ0n) is 8.76. The first-order valence-corrected chi connectivity index (χ1v) is 7.34. The van der Waals surface area contributed by atoms with Crippen LogP contribution in [0.2, 0.25) is 5.02 Å². The van der Waals surface area contributed by atoms with E-state index in [9.17, 15) is 8.42 Å². The van der Waals surface area contributed by atoms with Gasteiger partial charge in [-0.05, 0) is 24.6 Å². The highest BCUT2D eigenvalue weighted by molar-refractivity contribution is 8.13. The quantitative estimate of drug-likeness (QED) is 0.799. The zero-order chi connectivity index (χ0) is 12.6. The molecule has 2 rings (SSSR count). The van der Waals surface area contributed by atoms with E-state index >= 15 is 0 Å². The largest absolute Gasteiger partial charge is 0.278 e. The Balaban J connectivity index is 2.71. The molecular weight excluding hydrogens is 283 g/mol. The van der Waals surface area contributed by atoms with Gasteiger partial charge in [0.2, 0.25) is 0 Å². The van der Waals surface area contributed by atoms with Gasteiger partial charge in [-0.2, -0.15) is 5.10 Å². The van der Waals surface area contributed by atoms with Gasteiger partial charge in [0, 0.05) is 10.7 Å². The van der Waals surface area contributed by atoms with Gasteiger partial charge < -0.3 is 0 Å². The predicted octanol–water partition coefficient (Wildman–Crippen LogP) is 2.76. The van der Waals surface area contributed by atoms with E-state index in [0.29, 0.717) is 10.7 Å². The summed E-state index contributed by atoms with van der Waals surface area (Å²) in [5.74, 6) is 0. The molecule has 0 fully saturated rings. The fourth-order valence-corrected chi connectivity index (χ4v) is 2.58. The van der Waals surface area contributed by atoms with Gasteiger partial charge in [0.1, 0.15) is 0 Å². The summed E-state index contributed by atoms with van der Waals surface area (Å²) in [7, 11) is 1.46. The standard InChI is InChI=1S/C10H8Cl2N2O2S/c1-7-3-2-4-8(10(7)11)14-9(5-6-13-14)17(12,15)16/h2-6H,1H3. The van der Waals surface area contributed by atoms with Gasteiger partial charge in [-0.3, -0.25) is 0 Å². The molecule has 2 aromatic rings. The Morgan fingerprint density at radius 1 is 1.29 bits per heavy atom. The average molecular weight is 291 g/mol. The molecule has 0 unspecified atom stereocenters. The summed E-state index contributed by atoms with van der Waals surface area (Å²) >= 11 is 6.11. The lowest BCUT2D eigenvalue weighted by Crippen LogP contribution is -2.05. The van der Waals surface area contributed by atoms with Gasteiger partial charge in [-0.25, -0.2) is 13.1 Å². The minimum atomic E-state index is -3.85. The third-order valence-corrected chi connectivity index (χ3v) is 4.03. The van der Waals surface area contributed by atoms with Crippen LogP contribution < -0.4 is 0 Å². The lowest BCUT2D eigenvalue weighted by molar-refractivity contribution is 0.600. The molecule has 0 atom stereocenters. The fraction of sp³-hybridized carbons (Fsp3) is 0.100. The summed E-state index contributed by atoms with van der Waals surface area (Å²) in [4.78, 5) is 0. The van der Waals surface area contributed by atoms with E-state index < -0.39 is 9.05 Å². The normalized spacial score (nSPS) is 11.7. The van der Waals surface area contributed by atoms with Crippen LogP contribution in [0.25, 0.3) is 5.69 Å². The lowest BCUT2D eigenvalue weighted by Gasteiger charge is -2.08. The Kier molecular flexibility index (Phi) is 3.16. The molecule has 0 saturated carbocycles. The van der Waals surface area contributed by atoms with Crippen molar-refractivity contribution >= 4 is 31.3 Å². The highest BCUT2D eigenvalue weighted by Gasteiger charge is 2.19. The first kappa shape index (κ1) is 12.4. The molecule has 0 saturated heterocycles. The molecule has 0 aliphatic rings. The molecule has 4 nitrogen and oxygen atoms in total. The van der Waals surface area contributed by atoms with Gasteiger partial charge in [-0.15, -0.1) is 0 Å². The molecule has 90 valence electrons. The SMILES string of the molecule is Cc1cccc(-n2nccc2S(=O)(=O)Cl)c1Cl. The molecule has 17 heavy (non-hydrogen) atoms. The number of hydrogen-bond donors (Lipinski definition) is 0. The molecule has 7 heteroatoms. The Bertz CT molecular complexity index is 665. The van der Waals surface area contributed by atoms with Crippen LogP contribution >= 0.6 is 22.3 Å². The van der Waals surface area contributed by atoms with Gasteiger partial charge in [0.25, 0.3) is 9.05 Å². The minimum absolute atomic E-state index is 0.105. The number of benzene rings is 1. The van der Waals surface area contributed by atoms with Crippen molar-refractivity contribution in [2.24, 2.45) is 0 Å². The van der Waals surface area contributed by atoms with E-state index in [2.05, 4.69) is 5.10 Å². The van der Waals surface area contributed by atoms with Crippen LogP contribution in [0.3, 0.4) is 0 Å². The molecule has 1 aromatic carbocycles. The summed E-state index contributed by atoms with van der Waals surface area (Å²) in [6, 6.07) is 6.59. The number of aromatic nitrogens is 2. The Morgan fingerprint density at radius 3 is 2.65 bits per heavy atom. The van der Waals surface area contributed by atoms with Crippen LogP contribution in [0.1, 0.15) is 5.56 Å². The van der Waals surface area contributed by atoms with Crippen molar-refractivity contribution < 1.29 is 8.42 Å². The third kappa shape index (κ3) is 2.31. The van der Waals surface area contributed by atoms with Crippen molar-refractivity contribution in [1.82, 2.24) is 9.78 Å².